The highest BCUT2D eigenvalue weighted by molar-refractivity contribution is 5.49. The minimum Gasteiger partial charge on any atom is -0.507 e. The van der Waals surface area contributed by atoms with Gasteiger partial charge in [0.15, 0.2) is 0 Å². The van der Waals surface area contributed by atoms with E-state index in [4.69, 9.17) is 15.3 Å². The van der Waals surface area contributed by atoms with E-state index < -0.39 is 0 Å². The van der Waals surface area contributed by atoms with Crippen LogP contribution >= 0.6 is 0 Å². The van der Waals surface area contributed by atoms with Crippen molar-refractivity contribution in [3.8, 4) is 17.2 Å². The van der Waals surface area contributed by atoms with Crippen molar-refractivity contribution in [3.05, 3.63) is 17.7 Å². The SMILES string of the molecule is COc1cc(O)c(CNN)c(OC)c1. The molecule has 0 radical (unpaired) electrons. The van der Waals surface area contributed by atoms with Crippen molar-refractivity contribution >= 4 is 0 Å². The van der Waals surface area contributed by atoms with Gasteiger partial charge in [-0.1, -0.05) is 0 Å². The highest BCUT2D eigenvalue weighted by Crippen LogP contribution is 2.32. The molecule has 0 aromatic heterocycles. The average Bonchev–Trinajstić information content (AvgIpc) is 2.20. The second kappa shape index (κ2) is 4.69. The van der Waals surface area contributed by atoms with E-state index >= 15 is 0 Å². The molecule has 0 saturated heterocycles. The Hall–Kier alpha value is -1.46. The predicted octanol–water partition coefficient (Wildman–Crippen LogP) is 0.373. The van der Waals surface area contributed by atoms with Crippen LogP contribution in [0.15, 0.2) is 12.1 Å². The summed E-state index contributed by atoms with van der Waals surface area (Å²) in [5.74, 6) is 6.36. The Labute approximate surface area is 82.4 Å². The molecule has 0 amide bonds. The lowest BCUT2D eigenvalue weighted by atomic mass is 10.1. The first-order valence-corrected chi connectivity index (χ1v) is 4.10. The molecule has 1 rings (SSSR count). The van der Waals surface area contributed by atoms with Crippen LogP contribution in [-0.2, 0) is 6.54 Å². The summed E-state index contributed by atoms with van der Waals surface area (Å²) in [6.45, 7) is 0.332. The zero-order chi connectivity index (χ0) is 10.6. The number of hydrazine groups is 1. The minimum absolute atomic E-state index is 0.0964. The maximum absolute atomic E-state index is 9.61. The number of nitrogens with one attached hydrogen (secondary N) is 1. The number of methoxy groups -OCH3 is 2. The second-order valence-corrected chi connectivity index (χ2v) is 2.71. The lowest BCUT2D eigenvalue weighted by Crippen LogP contribution is -2.21. The number of rotatable bonds is 4. The van der Waals surface area contributed by atoms with E-state index in [2.05, 4.69) is 5.43 Å². The van der Waals surface area contributed by atoms with Gasteiger partial charge in [-0.05, 0) is 0 Å². The van der Waals surface area contributed by atoms with E-state index in [0.717, 1.165) is 0 Å². The van der Waals surface area contributed by atoms with E-state index in [-0.39, 0.29) is 5.75 Å². The van der Waals surface area contributed by atoms with Crippen LogP contribution < -0.4 is 20.7 Å². The van der Waals surface area contributed by atoms with Gasteiger partial charge in [0, 0.05) is 18.7 Å². The lowest BCUT2D eigenvalue weighted by Gasteiger charge is -2.11. The molecule has 0 atom stereocenters. The third-order valence-corrected chi connectivity index (χ3v) is 1.89. The number of phenols is 1. The Morgan fingerprint density at radius 2 is 2.07 bits per heavy atom. The maximum Gasteiger partial charge on any atom is 0.130 e. The van der Waals surface area contributed by atoms with Crippen LogP contribution in [0.1, 0.15) is 5.56 Å². The van der Waals surface area contributed by atoms with Crippen molar-refractivity contribution < 1.29 is 14.6 Å². The number of phenolic OH excluding ortho intramolecular Hbond substituents is 1. The van der Waals surface area contributed by atoms with E-state index in [0.29, 0.717) is 23.6 Å². The van der Waals surface area contributed by atoms with Crippen LogP contribution in [0.3, 0.4) is 0 Å². The first-order chi connectivity index (χ1) is 6.72. The fraction of sp³-hybridized carbons (Fsp3) is 0.333. The van der Waals surface area contributed by atoms with Crippen molar-refractivity contribution in [3.63, 3.8) is 0 Å². The van der Waals surface area contributed by atoms with Crippen molar-refractivity contribution in [2.45, 2.75) is 6.54 Å². The molecule has 4 N–H and O–H groups in total. The molecule has 0 unspecified atom stereocenters. The molecule has 5 nitrogen and oxygen atoms in total. The molecule has 0 aliphatic rings. The number of benzene rings is 1. The summed E-state index contributed by atoms with van der Waals surface area (Å²) in [5, 5.41) is 9.61. The molecule has 0 bridgehead atoms. The van der Waals surface area contributed by atoms with Gasteiger partial charge in [-0.3, -0.25) is 11.3 Å². The van der Waals surface area contributed by atoms with Gasteiger partial charge in [-0.15, -0.1) is 0 Å². The molecule has 1 aromatic carbocycles. The standard InChI is InChI=1S/C9H14N2O3/c1-13-6-3-8(12)7(5-11-10)9(4-6)14-2/h3-4,11-12H,5,10H2,1-2H3. The number of aromatic hydroxyl groups is 1. The van der Waals surface area contributed by atoms with Crippen LogP contribution in [0.5, 0.6) is 17.2 Å². The highest BCUT2D eigenvalue weighted by atomic mass is 16.5. The van der Waals surface area contributed by atoms with E-state index in [1.165, 1.54) is 20.3 Å². The molecule has 0 heterocycles. The molecular formula is C9H14N2O3. The van der Waals surface area contributed by atoms with Crippen molar-refractivity contribution in [2.75, 3.05) is 14.2 Å². The molecule has 0 saturated carbocycles. The highest BCUT2D eigenvalue weighted by Gasteiger charge is 2.10. The van der Waals surface area contributed by atoms with E-state index in [1.807, 2.05) is 0 Å². The molecule has 78 valence electrons. The monoisotopic (exact) mass is 198 g/mol. The van der Waals surface area contributed by atoms with Gasteiger partial charge in [0.1, 0.15) is 17.2 Å². The van der Waals surface area contributed by atoms with Gasteiger partial charge in [0.2, 0.25) is 0 Å². The summed E-state index contributed by atoms with van der Waals surface area (Å²) in [5.41, 5.74) is 3.06. The van der Waals surface area contributed by atoms with Gasteiger partial charge in [0.05, 0.1) is 19.8 Å². The van der Waals surface area contributed by atoms with Gasteiger partial charge in [-0.2, -0.15) is 0 Å². The fourth-order valence-corrected chi connectivity index (χ4v) is 1.19. The van der Waals surface area contributed by atoms with Crippen LogP contribution in [0.4, 0.5) is 0 Å². The summed E-state index contributed by atoms with van der Waals surface area (Å²) in [6.07, 6.45) is 0. The Morgan fingerprint density at radius 1 is 1.36 bits per heavy atom. The van der Waals surface area contributed by atoms with Crippen LogP contribution in [-0.4, -0.2) is 19.3 Å². The summed E-state index contributed by atoms with van der Waals surface area (Å²) < 4.78 is 10.1. The summed E-state index contributed by atoms with van der Waals surface area (Å²) in [6, 6.07) is 3.20. The molecule has 1 aromatic rings. The molecule has 0 aliphatic carbocycles. The van der Waals surface area contributed by atoms with E-state index in [9.17, 15) is 5.11 Å². The summed E-state index contributed by atoms with van der Waals surface area (Å²) in [7, 11) is 3.04. The first kappa shape index (κ1) is 10.6. The Bertz CT molecular complexity index is 315. The molecule has 0 fully saturated rings. The average molecular weight is 198 g/mol. The summed E-state index contributed by atoms with van der Waals surface area (Å²) >= 11 is 0. The maximum atomic E-state index is 9.61. The third-order valence-electron chi connectivity index (χ3n) is 1.89. The zero-order valence-electron chi connectivity index (χ0n) is 8.20. The van der Waals surface area contributed by atoms with Crippen molar-refractivity contribution in [1.29, 1.82) is 0 Å². The lowest BCUT2D eigenvalue weighted by molar-refractivity contribution is 0.377. The van der Waals surface area contributed by atoms with Crippen molar-refractivity contribution in [1.82, 2.24) is 5.43 Å². The molecule has 0 spiro atoms. The Balaban J connectivity index is 3.13. The third kappa shape index (κ3) is 2.07. The van der Waals surface area contributed by atoms with Gasteiger partial charge in [0.25, 0.3) is 0 Å². The number of hydrogen-bond acceptors (Lipinski definition) is 5. The molecular weight excluding hydrogens is 184 g/mol. The molecule has 0 aliphatic heterocycles. The van der Waals surface area contributed by atoms with Gasteiger partial charge in [-0.25, -0.2) is 0 Å². The second-order valence-electron chi connectivity index (χ2n) is 2.71. The fourth-order valence-electron chi connectivity index (χ4n) is 1.19. The van der Waals surface area contributed by atoms with E-state index in [1.54, 1.807) is 6.07 Å². The quantitative estimate of drug-likeness (QED) is 0.481. The number of nitrogens with two attached hydrogens (primary N) is 1. The topological polar surface area (TPSA) is 76.7 Å². The zero-order valence-corrected chi connectivity index (χ0v) is 8.20. The minimum atomic E-state index is 0.0964. The number of ether oxygens (including phenoxy) is 2. The van der Waals surface area contributed by atoms with Crippen LogP contribution in [0, 0.1) is 0 Å². The van der Waals surface area contributed by atoms with Crippen molar-refractivity contribution in [2.24, 2.45) is 5.84 Å². The van der Waals surface area contributed by atoms with Gasteiger partial charge < -0.3 is 14.6 Å². The predicted molar refractivity (Wildman–Crippen MR) is 52.2 cm³/mol. The van der Waals surface area contributed by atoms with Crippen LogP contribution in [0.25, 0.3) is 0 Å². The number of hydrogen-bond donors (Lipinski definition) is 3. The van der Waals surface area contributed by atoms with Crippen LogP contribution in [0.2, 0.25) is 0 Å². The largest absolute Gasteiger partial charge is 0.507 e. The first-order valence-electron chi connectivity index (χ1n) is 4.10. The molecule has 5 heteroatoms. The molecule has 14 heavy (non-hydrogen) atoms. The normalized spacial score (nSPS) is 9.93. The Morgan fingerprint density at radius 3 is 2.57 bits per heavy atom. The smallest absolute Gasteiger partial charge is 0.130 e. The Kier molecular flexibility index (Phi) is 3.55. The van der Waals surface area contributed by atoms with Gasteiger partial charge >= 0.3 is 0 Å². The summed E-state index contributed by atoms with van der Waals surface area (Å²) in [4.78, 5) is 0.